The Bertz CT molecular complexity index is 1430. The van der Waals surface area contributed by atoms with Crippen LogP contribution >= 0.6 is 11.6 Å². The molecule has 0 fully saturated rings. The number of H-pyrrole nitrogens is 1. The van der Waals surface area contributed by atoms with Gasteiger partial charge in [-0.2, -0.15) is 0 Å². The molecule has 34 heavy (non-hydrogen) atoms. The van der Waals surface area contributed by atoms with Gasteiger partial charge in [-0.3, -0.25) is 14.3 Å². The molecule has 0 aliphatic rings. The Morgan fingerprint density at radius 1 is 1.15 bits per heavy atom. The highest BCUT2D eigenvalue weighted by Gasteiger charge is 2.20. The molecule has 0 unspecified atom stereocenters. The summed E-state index contributed by atoms with van der Waals surface area (Å²) in [5.41, 5.74) is 7.93. The van der Waals surface area contributed by atoms with Crippen LogP contribution in [0.4, 0.5) is 11.5 Å². The molecular formula is C25H26ClN5O3. The Morgan fingerprint density at radius 2 is 1.91 bits per heavy atom. The van der Waals surface area contributed by atoms with Crippen LogP contribution in [0.3, 0.4) is 0 Å². The van der Waals surface area contributed by atoms with E-state index in [9.17, 15) is 9.59 Å². The van der Waals surface area contributed by atoms with Gasteiger partial charge in [0.25, 0.3) is 5.56 Å². The summed E-state index contributed by atoms with van der Waals surface area (Å²) in [5.74, 6) is 0.803. The standard InChI is InChI=1S/C25H26ClN5O3/c1-3-11-30(15-18-12-17-9-10-19(34-2)13-20(17)28-22(18)26)21-23(27)31(25(33)29-24(21)32)14-16-7-5-4-6-8-16/h4-10,12-13H,3,11,14-15,27H2,1-2H3,(H,29,32,33). The number of nitrogen functional groups attached to an aromatic ring is 1. The van der Waals surface area contributed by atoms with Crippen LogP contribution in [0.5, 0.6) is 5.75 Å². The van der Waals surface area contributed by atoms with Crippen LogP contribution in [0.2, 0.25) is 5.15 Å². The number of anilines is 2. The van der Waals surface area contributed by atoms with Crippen LogP contribution in [0.25, 0.3) is 10.9 Å². The number of rotatable bonds is 8. The lowest BCUT2D eigenvalue weighted by atomic mass is 10.1. The maximum absolute atomic E-state index is 12.9. The lowest BCUT2D eigenvalue weighted by Crippen LogP contribution is -2.38. The minimum absolute atomic E-state index is 0.112. The number of aromatic nitrogens is 3. The van der Waals surface area contributed by atoms with E-state index in [0.717, 1.165) is 22.9 Å². The second-order valence-corrected chi connectivity index (χ2v) is 8.34. The SMILES string of the molecule is CCCN(Cc1cc2ccc(OC)cc2nc1Cl)c1c(N)n(Cc2ccccc2)c(=O)[nH]c1=O. The van der Waals surface area contributed by atoms with E-state index in [1.807, 2.05) is 66.4 Å². The number of pyridine rings is 1. The van der Waals surface area contributed by atoms with Crippen LogP contribution in [0.1, 0.15) is 24.5 Å². The highest BCUT2D eigenvalue weighted by atomic mass is 35.5. The van der Waals surface area contributed by atoms with Gasteiger partial charge in [0.05, 0.1) is 19.2 Å². The first-order valence-corrected chi connectivity index (χ1v) is 11.3. The smallest absolute Gasteiger partial charge is 0.330 e. The fourth-order valence-electron chi connectivity index (χ4n) is 3.96. The predicted octanol–water partition coefficient (Wildman–Crippen LogP) is 3.79. The highest BCUT2D eigenvalue weighted by Crippen LogP contribution is 2.27. The largest absolute Gasteiger partial charge is 0.497 e. The van der Waals surface area contributed by atoms with E-state index in [4.69, 9.17) is 22.1 Å². The first kappa shape index (κ1) is 23.4. The predicted molar refractivity (Wildman–Crippen MR) is 136 cm³/mol. The normalized spacial score (nSPS) is 11.0. The number of halogens is 1. The summed E-state index contributed by atoms with van der Waals surface area (Å²) in [7, 11) is 1.60. The summed E-state index contributed by atoms with van der Waals surface area (Å²) in [6, 6.07) is 17.0. The molecule has 0 aliphatic heterocycles. The topological polar surface area (TPSA) is 106 Å². The van der Waals surface area contributed by atoms with Gasteiger partial charge in [0.2, 0.25) is 0 Å². The van der Waals surface area contributed by atoms with Gasteiger partial charge in [-0.25, -0.2) is 9.78 Å². The van der Waals surface area contributed by atoms with Crippen molar-refractivity contribution in [3.63, 3.8) is 0 Å². The molecule has 0 saturated carbocycles. The lowest BCUT2D eigenvalue weighted by Gasteiger charge is -2.26. The first-order chi connectivity index (χ1) is 16.4. The molecule has 0 aliphatic carbocycles. The van der Waals surface area contributed by atoms with Crippen molar-refractivity contribution in [3.05, 3.63) is 91.7 Å². The van der Waals surface area contributed by atoms with Gasteiger partial charge in [0.15, 0.2) is 0 Å². The molecule has 0 radical (unpaired) electrons. The van der Waals surface area contributed by atoms with E-state index < -0.39 is 11.2 Å². The number of nitrogens with two attached hydrogens (primary N) is 1. The Hall–Kier alpha value is -3.78. The monoisotopic (exact) mass is 479 g/mol. The molecular weight excluding hydrogens is 454 g/mol. The van der Waals surface area contributed by atoms with Gasteiger partial charge >= 0.3 is 5.69 Å². The molecule has 2 aromatic heterocycles. The van der Waals surface area contributed by atoms with Crippen molar-refractivity contribution >= 4 is 34.0 Å². The van der Waals surface area contributed by atoms with Gasteiger partial charge in [-0.15, -0.1) is 0 Å². The van der Waals surface area contributed by atoms with Gasteiger partial charge in [-0.05, 0) is 30.2 Å². The summed E-state index contributed by atoms with van der Waals surface area (Å²) >= 11 is 6.52. The molecule has 0 atom stereocenters. The average molecular weight is 480 g/mol. The Kier molecular flexibility index (Phi) is 6.88. The van der Waals surface area contributed by atoms with Gasteiger partial charge in [0.1, 0.15) is 22.4 Å². The molecule has 4 rings (SSSR count). The first-order valence-electron chi connectivity index (χ1n) is 11.0. The number of hydrogen-bond donors (Lipinski definition) is 2. The summed E-state index contributed by atoms with van der Waals surface area (Å²) in [6.07, 6.45) is 0.756. The van der Waals surface area contributed by atoms with Gasteiger partial charge in [-0.1, -0.05) is 48.9 Å². The zero-order valence-electron chi connectivity index (χ0n) is 19.0. The Morgan fingerprint density at radius 3 is 2.62 bits per heavy atom. The number of nitrogens with zero attached hydrogens (tertiary/aromatic N) is 3. The maximum Gasteiger partial charge on any atom is 0.330 e. The second kappa shape index (κ2) is 10.0. The summed E-state index contributed by atoms with van der Waals surface area (Å²) in [4.78, 5) is 34.2. The molecule has 9 heteroatoms. The van der Waals surface area contributed by atoms with Crippen LogP contribution in [0.15, 0.2) is 64.2 Å². The number of ether oxygens (including phenoxy) is 1. The number of methoxy groups -OCH3 is 1. The van der Waals surface area contributed by atoms with Crippen molar-refractivity contribution in [1.29, 1.82) is 0 Å². The Balaban J connectivity index is 1.75. The Labute approximate surface area is 201 Å². The zero-order valence-corrected chi connectivity index (χ0v) is 19.8. The summed E-state index contributed by atoms with van der Waals surface area (Å²) in [5, 5.41) is 1.22. The molecule has 0 spiro atoms. The average Bonchev–Trinajstić information content (AvgIpc) is 2.82. The van der Waals surface area contributed by atoms with E-state index in [2.05, 4.69) is 9.97 Å². The number of benzene rings is 2. The van der Waals surface area contributed by atoms with Crippen molar-refractivity contribution in [3.8, 4) is 5.75 Å². The molecule has 8 nitrogen and oxygen atoms in total. The minimum atomic E-state index is -0.550. The third-order valence-electron chi connectivity index (χ3n) is 5.62. The van der Waals surface area contributed by atoms with Crippen LogP contribution in [0, 0.1) is 0 Å². The van der Waals surface area contributed by atoms with Crippen LogP contribution in [-0.4, -0.2) is 28.2 Å². The maximum atomic E-state index is 12.9. The fraction of sp³-hybridized carbons (Fsp3) is 0.240. The molecule has 0 saturated heterocycles. The molecule has 4 aromatic rings. The molecule has 0 amide bonds. The van der Waals surface area contributed by atoms with E-state index in [-0.39, 0.29) is 18.1 Å². The molecule has 0 bridgehead atoms. The number of fused-ring (bicyclic) bond motifs is 1. The van der Waals surface area contributed by atoms with Gasteiger partial charge < -0.3 is 15.4 Å². The van der Waals surface area contributed by atoms with E-state index in [1.54, 1.807) is 7.11 Å². The summed E-state index contributed by atoms with van der Waals surface area (Å²) in [6.45, 7) is 3.09. The summed E-state index contributed by atoms with van der Waals surface area (Å²) < 4.78 is 6.64. The molecule has 3 N–H and O–H groups in total. The van der Waals surface area contributed by atoms with Crippen molar-refractivity contribution in [2.75, 3.05) is 24.3 Å². The quantitative estimate of drug-likeness (QED) is 0.372. The van der Waals surface area contributed by atoms with Crippen molar-refractivity contribution in [2.24, 2.45) is 0 Å². The lowest BCUT2D eigenvalue weighted by molar-refractivity contribution is 0.415. The van der Waals surface area contributed by atoms with E-state index in [0.29, 0.717) is 29.5 Å². The number of aromatic amines is 1. The van der Waals surface area contributed by atoms with E-state index >= 15 is 0 Å². The molecule has 2 aromatic carbocycles. The van der Waals surface area contributed by atoms with Crippen LogP contribution < -0.4 is 26.6 Å². The number of hydrogen-bond acceptors (Lipinski definition) is 6. The third-order valence-corrected chi connectivity index (χ3v) is 5.95. The molecule has 2 heterocycles. The zero-order chi connectivity index (χ0) is 24.2. The molecule has 176 valence electrons. The number of nitrogens with one attached hydrogen (secondary N) is 1. The van der Waals surface area contributed by atoms with Crippen molar-refractivity contribution in [2.45, 2.75) is 26.4 Å². The highest BCUT2D eigenvalue weighted by molar-refractivity contribution is 6.30. The minimum Gasteiger partial charge on any atom is -0.497 e. The van der Waals surface area contributed by atoms with Crippen molar-refractivity contribution < 1.29 is 4.74 Å². The van der Waals surface area contributed by atoms with Crippen molar-refractivity contribution in [1.82, 2.24) is 14.5 Å². The van der Waals surface area contributed by atoms with E-state index in [1.165, 1.54) is 4.57 Å². The van der Waals surface area contributed by atoms with Crippen LogP contribution in [-0.2, 0) is 13.1 Å². The fourth-order valence-corrected chi connectivity index (χ4v) is 4.16. The second-order valence-electron chi connectivity index (χ2n) is 7.98. The van der Waals surface area contributed by atoms with Gasteiger partial charge in [0, 0.05) is 30.1 Å². The third kappa shape index (κ3) is 4.77.